The second kappa shape index (κ2) is 11.2. The number of rotatable bonds is 11. The van der Waals surface area contributed by atoms with Crippen molar-refractivity contribution in [3.8, 4) is 5.75 Å². The number of esters is 1. The first-order chi connectivity index (χ1) is 16.1. The lowest BCUT2D eigenvalue weighted by Gasteiger charge is -2.24. The summed E-state index contributed by atoms with van der Waals surface area (Å²) < 4.78 is 32.5. The van der Waals surface area contributed by atoms with Gasteiger partial charge in [0.25, 0.3) is 7.37 Å². The molecular weight excluding hydrogens is 481 g/mol. The number of carbonyl (C=O) groups is 1. The molecule has 0 aliphatic rings. The van der Waals surface area contributed by atoms with Gasteiger partial charge in [0.2, 0.25) is 5.28 Å². The van der Waals surface area contributed by atoms with Crippen LogP contribution in [0.25, 0.3) is 11.2 Å². The van der Waals surface area contributed by atoms with Crippen molar-refractivity contribution in [1.29, 1.82) is 0 Å². The summed E-state index contributed by atoms with van der Waals surface area (Å²) in [6, 6.07) is 8.79. The number of ether oxygens (including phenoxy) is 2. The first-order valence-corrected chi connectivity index (χ1v) is 13.2. The van der Waals surface area contributed by atoms with Crippen LogP contribution in [-0.2, 0) is 25.4 Å². The lowest BCUT2D eigenvalue weighted by atomic mass is 10.2. The van der Waals surface area contributed by atoms with Crippen molar-refractivity contribution in [2.45, 2.75) is 46.4 Å². The molecule has 0 aliphatic heterocycles. The molecule has 2 heterocycles. The number of benzene rings is 1. The molecule has 0 radical (unpaired) electrons. The fourth-order valence-corrected chi connectivity index (χ4v) is 5.71. The smallest absolute Gasteiger partial charge is 0.309 e. The first kappa shape index (κ1) is 25.9. The van der Waals surface area contributed by atoms with E-state index in [1.807, 2.05) is 6.07 Å². The number of anilines is 1. The molecule has 2 N–H and O–H groups in total. The van der Waals surface area contributed by atoms with Gasteiger partial charge in [-0.05, 0) is 44.5 Å². The number of hydrogen-bond acceptors (Lipinski definition) is 9. The van der Waals surface area contributed by atoms with E-state index in [0.717, 1.165) is 0 Å². The Labute approximate surface area is 203 Å². The average Bonchev–Trinajstić information content (AvgIpc) is 3.09. The van der Waals surface area contributed by atoms with Gasteiger partial charge in [-0.25, -0.2) is 15.0 Å². The molecule has 0 bridgehead atoms. The summed E-state index contributed by atoms with van der Waals surface area (Å²) in [4.78, 5) is 24.7. The zero-order valence-corrected chi connectivity index (χ0v) is 21.2. The molecule has 184 valence electrons. The van der Waals surface area contributed by atoms with Crippen LogP contribution in [-0.4, -0.2) is 50.2 Å². The largest absolute Gasteiger partial charge is 0.463 e. The summed E-state index contributed by atoms with van der Waals surface area (Å²) in [7, 11) is -3.43. The number of imidazole rings is 1. The fourth-order valence-electron chi connectivity index (χ4n) is 3.27. The van der Waals surface area contributed by atoms with Crippen LogP contribution in [0.1, 0.15) is 27.7 Å². The Morgan fingerprint density at radius 3 is 2.56 bits per heavy atom. The van der Waals surface area contributed by atoms with Crippen LogP contribution in [0.15, 0.2) is 36.7 Å². The zero-order chi connectivity index (χ0) is 24.9. The molecule has 0 aliphatic carbocycles. The normalized spacial score (nSPS) is 15.1. The second-order valence-corrected chi connectivity index (χ2v) is 11.1. The van der Waals surface area contributed by atoms with Gasteiger partial charge in [-0.2, -0.15) is 0 Å². The van der Waals surface area contributed by atoms with Crippen LogP contribution in [0.3, 0.4) is 0 Å². The predicted octanol–water partition coefficient (Wildman–Crippen LogP) is 4.37. The van der Waals surface area contributed by atoms with Gasteiger partial charge in [0.15, 0.2) is 17.0 Å². The van der Waals surface area contributed by atoms with Gasteiger partial charge in [0.1, 0.15) is 18.4 Å². The summed E-state index contributed by atoms with van der Waals surface area (Å²) >= 11 is 6.27. The number of nitrogen functional groups attached to an aromatic ring is 1. The first-order valence-electron chi connectivity index (χ1n) is 10.8. The minimum atomic E-state index is -3.43. The van der Waals surface area contributed by atoms with Crippen LogP contribution >= 0.6 is 19.0 Å². The van der Waals surface area contributed by atoms with Gasteiger partial charge in [0.05, 0.1) is 30.8 Å². The van der Waals surface area contributed by atoms with Crippen molar-refractivity contribution in [3.05, 3.63) is 41.9 Å². The Morgan fingerprint density at radius 1 is 1.18 bits per heavy atom. The van der Waals surface area contributed by atoms with Crippen LogP contribution in [0.2, 0.25) is 5.28 Å². The number of carbonyl (C=O) groups excluding carboxylic acids is 1. The molecule has 2 aromatic heterocycles. The standard InChI is InChI=1S/C22H29ClN5O5P/c1-14(2)32-21(29)15(3)11-34(30,33-17-8-6-5-7-9-17)13-31-16(4)10-28-20-18(27-22(28)23)19(24)25-12-26-20/h5-9,12,14-16H,10-11,13H2,1-4H3,(H2,24,25,26)/t15-,16-,34-/m1/s1. The summed E-state index contributed by atoms with van der Waals surface area (Å²) in [6.45, 7) is 7.27. The van der Waals surface area contributed by atoms with Crippen LogP contribution < -0.4 is 10.3 Å². The van der Waals surface area contributed by atoms with Gasteiger partial charge in [-0.1, -0.05) is 25.1 Å². The molecule has 0 saturated heterocycles. The van der Waals surface area contributed by atoms with Crippen molar-refractivity contribution < 1.29 is 23.4 Å². The molecule has 10 nitrogen and oxygen atoms in total. The molecule has 12 heteroatoms. The third-order valence-corrected chi connectivity index (χ3v) is 7.31. The molecule has 0 fully saturated rings. The van der Waals surface area contributed by atoms with Crippen molar-refractivity contribution in [3.63, 3.8) is 0 Å². The fraction of sp³-hybridized carbons (Fsp3) is 0.455. The van der Waals surface area contributed by atoms with Crippen molar-refractivity contribution >= 4 is 41.9 Å². The third kappa shape index (κ3) is 6.68. The number of aromatic nitrogens is 4. The van der Waals surface area contributed by atoms with E-state index in [9.17, 15) is 9.36 Å². The molecule has 0 unspecified atom stereocenters. The van der Waals surface area contributed by atoms with Crippen molar-refractivity contribution in [2.75, 3.05) is 18.2 Å². The minimum absolute atomic E-state index is 0.0291. The molecule has 0 saturated carbocycles. The molecule has 3 aromatic rings. The quantitative estimate of drug-likeness (QED) is 0.227. The van der Waals surface area contributed by atoms with E-state index in [0.29, 0.717) is 16.9 Å². The zero-order valence-electron chi connectivity index (χ0n) is 19.6. The van der Waals surface area contributed by atoms with Crippen LogP contribution in [0.5, 0.6) is 5.75 Å². The van der Waals surface area contributed by atoms with Crippen molar-refractivity contribution in [2.24, 2.45) is 5.92 Å². The summed E-state index contributed by atoms with van der Waals surface area (Å²) in [6.07, 6.45) is 0.393. The Kier molecular flexibility index (Phi) is 8.52. The summed E-state index contributed by atoms with van der Waals surface area (Å²) in [5.74, 6) is -0.416. The average molecular weight is 510 g/mol. The highest BCUT2D eigenvalue weighted by Gasteiger charge is 2.33. The van der Waals surface area contributed by atoms with E-state index in [-0.39, 0.29) is 36.3 Å². The molecule has 3 rings (SSSR count). The van der Waals surface area contributed by atoms with Gasteiger partial charge in [0, 0.05) is 0 Å². The van der Waals surface area contributed by atoms with E-state index in [2.05, 4.69) is 15.0 Å². The number of fused-ring (bicyclic) bond motifs is 1. The van der Waals surface area contributed by atoms with E-state index in [1.54, 1.807) is 56.5 Å². The minimum Gasteiger partial charge on any atom is -0.463 e. The molecule has 0 amide bonds. The Bertz CT molecular complexity index is 1170. The Morgan fingerprint density at radius 2 is 1.88 bits per heavy atom. The maximum atomic E-state index is 13.8. The molecule has 0 spiro atoms. The van der Waals surface area contributed by atoms with E-state index in [1.165, 1.54) is 6.33 Å². The number of para-hydroxylation sites is 1. The van der Waals surface area contributed by atoms with Crippen molar-refractivity contribution in [1.82, 2.24) is 19.5 Å². The highest BCUT2D eigenvalue weighted by molar-refractivity contribution is 7.59. The second-order valence-electron chi connectivity index (χ2n) is 8.32. The molecule has 34 heavy (non-hydrogen) atoms. The van der Waals surface area contributed by atoms with Gasteiger partial charge in [-0.3, -0.25) is 13.9 Å². The molecule has 1 aromatic carbocycles. The third-order valence-electron chi connectivity index (χ3n) is 4.83. The Balaban J connectivity index is 1.73. The van der Waals surface area contributed by atoms with E-state index in [4.69, 9.17) is 31.3 Å². The van der Waals surface area contributed by atoms with E-state index >= 15 is 0 Å². The summed E-state index contributed by atoms with van der Waals surface area (Å²) in [5.41, 5.74) is 6.72. The van der Waals surface area contributed by atoms with Gasteiger partial charge < -0.3 is 19.7 Å². The lowest BCUT2D eigenvalue weighted by molar-refractivity contribution is -0.151. The maximum absolute atomic E-state index is 13.8. The number of nitrogens with two attached hydrogens (primary N) is 1. The SMILES string of the molecule is CC(C)OC(=O)[C@H](C)C[P@](=O)(CO[C@H](C)Cn1c(Cl)nc2c(N)ncnc21)Oc1ccccc1. The van der Waals surface area contributed by atoms with Crippen LogP contribution in [0.4, 0.5) is 5.82 Å². The number of hydrogen-bond donors (Lipinski definition) is 1. The Hall–Kier alpha value is -2.68. The topological polar surface area (TPSA) is 131 Å². The van der Waals surface area contributed by atoms with Gasteiger partial charge >= 0.3 is 5.97 Å². The monoisotopic (exact) mass is 509 g/mol. The molecular formula is C22H29ClN5O5P. The number of halogens is 1. The lowest BCUT2D eigenvalue weighted by Crippen LogP contribution is -2.24. The van der Waals surface area contributed by atoms with E-state index < -0.39 is 25.4 Å². The molecule has 3 atom stereocenters. The maximum Gasteiger partial charge on any atom is 0.309 e. The predicted molar refractivity (Wildman–Crippen MR) is 130 cm³/mol. The van der Waals surface area contributed by atoms with Gasteiger partial charge in [-0.15, -0.1) is 0 Å². The van der Waals surface area contributed by atoms with Crippen LogP contribution in [0, 0.1) is 5.92 Å². The highest BCUT2D eigenvalue weighted by Crippen LogP contribution is 2.49. The highest BCUT2D eigenvalue weighted by atomic mass is 35.5. The summed E-state index contributed by atoms with van der Waals surface area (Å²) in [5, 5.41) is 0.187. The number of nitrogens with zero attached hydrogens (tertiary/aromatic N) is 4.